The van der Waals surface area contributed by atoms with Gasteiger partial charge < -0.3 is 10.1 Å². The van der Waals surface area contributed by atoms with E-state index in [1.54, 1.807) is 7.11 Å². The monoisotopic (exact) mass is 461 g/mol. The quantitative estimate of drug-likeness (QED) is 0.665. The van der Waals surface area contributed by atoms with E-state index in [4.69, 9.17) is 4.74 Å². The largest absolute Gasteiger partial charge is 0.497 e. The van der Waals surface area contributed by atoms with E-state index >= 15 is 0 Å². The van der Waals surface area contributed by atoms with Crippen LogP contribution in [0.5, 0.6) is 5.75 Å². The molecule has 0 spiro atoms. The van der Waals surface area contributed by atoms with Crippen molar-refractivity contribution in [3.8, 4) is 5.75 Å². The minimum Gasteiger partial charge on any atom is -0.497 e. The second kappa shape index (κ2) is 7.07. The molecule has 5 heteroatoms. The van der Waals surface area contributed by atoms with Gasteiger partial charge in [-0.05, 0) is 42.4 Å². The Morgan fingerprint density at radius 3 is 2.05 bits per heavy atom. The van der Waals surface area contributed by atoms with Crippen LogP contribution in [0, 0.1) is 0 Å². The highest BCUT2D eigenvalue weighted by atomic mass is 79.9. The van der Waals surface area contributed by atoms with Crippen molar-refractivity contribution in [3.63, 3.8) is 0 Å². The second-order valence-electron chi connectivity index (χ2n) is 4.27. The number of rotatable bonds is 4. The molecule has 0 aromatic heterocycles. The summed E-state index contributed by atoms with van der Waals surface area (Å²) >= 11 is 10.7. The third-order valence-corrected chi connectivity index (χ3v) is 4.95. The van der Waals surface area contributed by atoms with E-state index in [1.807, 2.05) is 25.2 Å². The Bertz CT molecular complexity index is 616. The fourth-order valence-electron chi connectivity index (χ4n) is 2.08. The summed E-state index contributed by atoms with van der Waals surface area (Å²) in [7, 11) is 3.62. The molecule has 0 fully saturated rings. The molecule has 0 amide bonds. The zero-order valence-electron chi connectivity index (χ0n) is 11.1. The molecule has 0 bridgehead atoms. The summed E-state index contributed by atoms with van der Waals surface area (Å²) in [4.78, 5) is 0. The van der Waals surface area contributed by atoms with Crippen LogP contribution in [-0.2, 0) is 0 Å². The highest BCUT2D eigenvalue weighted by molar-refractivity contribution is 9.11. The molecule has 1 atom stereocenters. The lowest BCUT2D eigenvalue weighted by Crippen LogP contribution is -2.18. The fraction of sp³-hybridized carbons (Fsp3) is 0.200. The van der Waals surface area contributed by atoms with Crippen molar-refractivity contribution in [1.29, 1.82) is 0 Å². The van der Waals surface area contributed by atoms with Gasteiger partial charge in [-0.15, -0.1) is 0 Å². The van der Waals surface area contributed by atoms with Gasteiger partial charge in [0.25, 0.3) is 0 Å². The van der Waals surface area contributed by atoms with Crippen molar-refractivity contribution >= 4 is 47.8 Å². The molecular formula is C15H14Br3NO. The third kappa shape index (κ3) is 3.45. The molecule has 2 rings (SSSR count). The number of ether oxygens (including phenoxy) is 1. The molecule has 2 nitrogen and oxygen atoms in total. The van der Waals surface area contributed by atoms with Gasteiger partial charge in [0.1, 0.15) is 5.75 Å². The van der Waals surface area contributed by atoms with E-state index in [0.29, 0.717) is 0 Å². The molecular weight excluding hydrogens is 450 g/mol. The Morgan fingerprint density at radius 2 is 1.55 bits per heavy atom. The van der Waals surface area contributed by atoms with E-state index in [0.717, 1.165) is 24.7 Å². The Kier molecular flexibility index (Phi) is 5.66. The van der Waals surface area contributed by atoms with Gasteiger partial charge >= 0.3 is 0 Å². The van der Waals surface area contributed by atoms with E-state index < -0.39 is 0 Å². The van der Waals surface area contributed by atoms with Gasteiger partial charge in [-0.25, -0.2) is 0 Å². The Hall–Kier alpha value is -0.360. The molecule has 0 heterocycles. The lowest BCUT2D eigenvalue weighted by Gasteiger charge is -2.20. The molecule has 0 aliphatic heterocycles. The molecule has 0 aliphatic carbocycles. The predicted octanol–water partition coefficient (Wildman–Crippen LogP) is 5.29. The van der Waals surface area contributed by atoms with Gasteiger partial charge in [0, 0.05) is 13.4 Å². The maximum atomic E-state index is 5.24. The van der Waals surface area contributed by atoms with Crippen LogP contribution in [-0.4, -0.2) is 14.2 Å². The van der Waals surface area contributed by atoms with Gasteiger partial charge in [0.2, 0.25) is 0 Å². The van der Waals surface area contributed by atoms with Crippen LogP contribution in [0.2, 0.25) is 0 Å². The van der Waals surface area contributed by atoms with E-state index in [1.165, 1.54) is 5.56 Å². The lowest BCUT2D eigenvalue weighted by molar-refractivity contribution is 0.414. The van der Waals surface area contributed by atoms with E-state index in [-0.39, 0.29) is 6.04 Å². The zero-order valence-corrected chi connectivity index (χ0v) is 15.8. The van der Waals surface area contributed by atoms with Gasteiger partial charge in [0.15, 0.2) is 0 Å². The third-order valence-electron chi connectivity index (χ3n) is 3.08. The summed E-state index contributed by atoms with van der Waals surface area (Å²) < 4.78 is 8.38. The summed E-state index contributed by atoms with van der Waals surface area (Å²) in [6.07, 6.45) is 0. The predicted molar refractivity (Wildman–Crippen MR) is 93.4 cm³/mol. The molecule has 2 aromatic rings. The smallest absolute Gasteiger partial charge is 0.120 e. The van der Waals surface area contributed by atoms with Gasteiger partial charge in [0.05, 0.1) is 13.2 Å². The molecule has 0 aliphatic rings. The van der Waals surface area contributed by atoms with Gasteiger partial charge in [-0.3, -0.25) is 0 Å². The lowest BCUT2D eigenvalue weighted by atomic mass is 9.99. The van der Waals surface area contributed by atoms with Crippen LogP contribution in [0.1, 0.15) is 17.2 Å². The first-order valence-corrected chi connectivity index (χ1v) is 8.40. The Balaban J connectivity index is 2.47. The topological polar surface area (TPSA) is 21.3 Å². The molecule has 0 saturated carbocycles. The van der Waals surface area contributed by atoms with Crippen LogP contribution in [0.4, 0.5) is 0 Å². The first kappa shape index (κ1) is 16.0. The SMILES string of the molecule is CNC(c1ccc(Br)cc1Br)c1ccc(OC)cc1Br. The van der Waals surface area contributed by atoms with Crippen LogP contribution in [0.15, 0.2) is 49.8 Å². The normalized spacial score (nSPS) is 12.2. The van der Waals surface area contributed by atoms with Gasteiger partial charge in [-0.2, -0.15) is 0 Å². The Labute approximate surface area is 144 Å². The van der Waals surface area contributed by atoms with Crippen molar-refractivity contribution in [2.75, 3.05) is 14.2 Å². The summed E-state index contributed by atoms with van der Waals surface area (Å²) in [5.41, 5.74) is 2.35. The van der Waals surface area contributed by atoms with E-state index in [9.17, 15) is 0 Å². The van der Waals surface area contributed by atoms with E-state index in [2.05, 4.69) is 71.3 Å². The number of hydrogen-bond donors (Lipinski definition) is 1. The maximum Gasteiger partial charge on any atom is 0.120 e. The zero-order chi connectivity index (χ0) is 14.7. The standard InChI is InChI=1S/C15H14Br3NO/c1-19-15(11-5-3-9(16)7-13(11)17)12-6-4-10(20-2)8-14(12)18/h3-8,15,19H,1-2H3. The molecule has 20 heavy (non-hydrogen) atoms. The Morgan fingerprint density at radius 1 is 0.950 bits per heavy atom. The first-order chi connectivity index (χ1) is 9.56. The number of benzene rings is 2. The van der Waals surface area contributed by atoms with Crippen molar-refractivity contribution in [3.05, 3.63) is 60.9 Å². The average molecular weight is 464 g/mol. The van der Waals surface area contributed by atoms with Crippen LogP contribution >= 0.6 is 47.8 Å². The van der Waals surface area contributed by atoms with Gasteiger partial charge in [-0.1, -0.05) is 59.9 Å². The number of methoxy groups -OCH3 is 1. The maximum absolute atomic E-state index is 5.24. The van der Waals surface area contributed by atoms with Crippen LogP contribution in [0.25, 0.3) is 0 Å². The average Bonchev–Trinajstić information content (AvgIpc) is 2.43. The van der Waals surface area contributed by atoms with Crippen molar-refractivity contribution in [1.82, 2.24) is 5.32 Å². The minimum absolute atomic E-state index is 0.0951. The molecule has 0 radical (unpaired) electrons. The highest BCUT2D eigenvalue weighted by Gasteiger charge is 2.18. The molecule has 1 N–H and O–H groups in total. The summed E-state index contributed by atoms with van der Waals surface area (Å²) in [6, 6.07) is 12.3. The number of nitrogens with one attached hydrogen (secondary N) is 1. The highest BCUT2D eigenvalue weighted by Crippen LogP contribution is 2.35. The molecule has 2 aromatic carbocycles. The summed E-state index contributed by atoms with van der Waals surface area (Å²) in [5, 5.41) is 3.36. The minimum atomic E-state index is 0.0951. The second-order valence-corrected chi connectivity index (χ2v) is 6.90. The number of hydrogen-bond acceptors (Lipinski definition) is 2. The number of halogens is 3. The van der Waals surface area contributed by atoms with Crippen LogP contribution < -0.4 is 10.1 Å². The van der Waals surface area contributed by atoms with Crippen molar-refractivity contribution in [2.24, 2.45) is 0 Å². The van der Waals surface area contributed by atoms with Crippen molar-refractivity contribution in [2.45, 2.75) is 6.04 Å². The molecule has 106 valence electrons. The van der Waals surface area contributed by atoms with Crippen LogP contribution in [0.3, 0.4) is 0 Å². The molecule has 0 saturated heterocycles. The molecule has 1 unspecified atom stereocenters. The first-order valence-electron chi connectivity index (χ1n) is 6.02. The van der Waals surface area contributed by atoms with Crippen molar-refractivity contribution < 1.29 is 4.74 Å². The summed E-state index contributed by atoms with van der Waals surface area (Å²) in [5.74, 6) is 0.838. The fourth-order valence-corrected chi connectivity index (χ4v) is 3.95. The summed E-state index contributed by atoms with van der Waals surface area (Å²) in [6.45, 7) is 0.